The average Bonchev–Trinajstić information content (AvgIpc) is 3.28. The van der Waals surface area contributed by atoms with E-state index in [4.69, 9.17) is 11.6 Å². The summed E-state index contributed by atoms with van der Waals surface area (Å²) in [7, 11) is 0. The van der Waals surface area contributed by atoms with E-state index in [2.05, 4.69) is 22.4 Å². The molecular formula is C16H17ClN2. The highest BCUT2D eigenvalue weighted by Gasteiger charge is 2.41. The quantitative estimate of drug-likeness (QED) is 0.887. The predicted molar refractivity (Wildman–Crippen MR) is 79.6 cm³/mol. The monoisotopic (exact) mass is 272 g/mol. The van der Waals surface area contributed by atoms with Crippen LogP contribution in [0.1, 0.15) is 25.7 Å². The Morgan fingerprint density at radius 1 is 1.11 bits per heavy atom. The van der Waals surface area contributed by atoms with Gasteiger partial charge in [0.05, 0.1) is 5.52 Å². The number of benzene rings is 1. The maximum Gasteiger partial charge on any atom is 0.0737 e. The number of hydrogen-bond donors (Lipinski definition) is 1. The molecule has 0 amide bonds. The lowest BCUT2D eigenvalue weighted by Crippen LogP contribution is -2.24. The molecular weight excluding hydrogens is 256 g/mol. The SMILES string of the molecule is Clc1ccc2c(NC(C3CC3)C3CC3)ccnc2c1. The molecule has 4 rings (SSSR count). The molecule has 2 aliphatic carbocycles. The lowest BCUT2D eigenvalue weighted by Gasteiger charge is -2.20. The number of anilines is 1. The summed E-state index contributed by atoms with van der Waals surface area (Å²) in [4.78, 5) is 4.41. The molecule has 0 unspecified atom stereocenters. The van der Waals surface area contributed by atoms with Gasteiger partial charge in [0, 0.05) is 28.3 Å². The first-order valence-corrected chi connectivity index (χ1v) is 7.50. The summed E-state index contributed by atoms with van der Waals surface area (Å²) in [5.74, 6) is 1.78. The van der Waals surface area contributed by atoms with Crippen molar-refractivity contribution in [3.63, 3.8) is 0 Å². The van der Waals surface area contributed by atoms with Crippen LogP contribution in [0.2, 0.25) is 5.02 Å². The van der Waals surface area contributed by atoms with E-state index in [1.54, 1.807) is 0 Å². The van der Waals surface area contributed by atoms with Gasteiger partial charge >= 0.3 is 0 Å². The maximum atomic E-state index is 6.04. The summed E-state index contributed by atoms with van der Waals surface area (Å²) >= 11 is 6.04. The van der Waals surface area contributed by atoms with Crippen LogP contribution in [0.25, 0.3) is 10.9 Å². The number of nitrogens with one attached hydrogen (secondary N) is 1. The third-order valence-corrected chi connectivity index (χ3v) is 4.52. The zero-order chi connectivity index (χ0) is 12.8. The fraction of sp³-hybridized carbons (Fsp3) is 0.438. The van der Waals surface area contributed by atoms with Crippen LogP contribution in [0.15, 0.2) is 30.5 Å². The molecule has 2 nitrogen and oxygen atoms in total. The topological polar surface area (TPSA) is 24.9 Å². The highest BCUT2D eigenvalue weighted by atomic mass is 35.5. The van der Waals surface area contributed by atoms with Crippen LogP contribution >= 0.6 is 11.6 Å². The molecule has 2 aromatic rings. The molecule has 2 aliphatic rings. The standard InChI is InChI=1S/C16H17ClN2/c17-12-5-6-13-14(7-8-18-15(13)9-12)19-16(10-1-2-10)11-3-4-11/h5-11,16H,1-4H2,(H,18,19). The first-order chi connectivity index (χ1) is 9.31. The Bertz CT molecular complexity index is 605. The Labute approximate surface area is 118 Å². The van der Waals surface area contributed by atoms with Gasteiger partial charge in [-0.15, -0.1) is 0 Å². The van der Waals surface area contributed by atoms with Gasteiger partial charge in [-0.25, -0.2) is 0 Å². The normalized spacial score (nSPS) is 19.1. The Morgan fingerprint density at radius 2 is 1.84 bits per heavy atom. The predicted octanol–water partition coefficient (Wildman–Crippen LogP) is 4.49. The highest BCUT2D eigenvalue weighted by Crippen LogP contribution is 2.46. The summed E-state index contributed by atoms with van der Waals surface area (Å²) in [6.45, 7) is 0. The van der Waals surface area contributed by atoms with E-state index < -0.39 is 0 Å². The molecule has 2 saturated carbocycles. The van der Waals surface area contributed by atoms with Gasteiger partial charge in [0.15, 0.2) is 0 Å². The Balaban J connectivity index is 1.69. The lowest BCUT2D eigenvalue weighted by atomic mass is 10.1. The van der Waals surface area contributed by atoms with E-state index in [1.165, 1.54) is 36.8 Å². The highest BCUT2D eigenvalue weighted by molar-refractivity contribution is 6.31. The Kier molecular flexibility index (Phi) is 2.66. The van der Waals surface area contributed by atoms with Crippen LogP contribution in [0.4, 0.5) is 5.69 Å². The number of fused-ring (bicyclic) bond motifs is 1. The zero-order valence-corrected chi connectivity index (χ0v) is 11.5. The summed E-state index contributed by atoms with van der Waals surface area (Å²) in [5.41, 5.74) is 2.19. The first kappa shape index (κ1) is 11.5. The second kappa shape index (κ2) is 4.38. The number of rotatable bonds is 4. The van der Waals surface area contributed by atoms with Crippen molar-refractivity contribution in [3.05, 3.63) is 35.5 Å². The van der Waals surface area contributed by atoms with E-state index >= 15 is 0 Å². The minimum Gasteiger partial charge on any atom is -0.381 e. The number of hydrogen-bond acceptors (Lipinski definition) is 2. The van der Waals surface area contributed by atoms with Crippen LogP contribution < -0.4 is 5.32 Å². The van der Waals surface area contributed by atoms with Crippen molar-refractivity contribution in [2.24, 2.45) is 11.8 Å². The van der Waals surface area contributed by atoms with Crippen molar-refractivity contribution in [1.82, 2.24) is 4.98 Å². The third kappa shape index (κ3) is 2.30. The molecule has 1 aromatic heterocycles. The summed E-state index contributed by atoms with van der Waals surface area (Å²) < 4.78 is 0. The van der Waals surface area contributed by atoms with Crippen LogP contribution in [0, 0.1) is 11.8 Å². The smallest absolute Gasteiger partial charge is 0.0737 e. The van der Waals surface area contributed by atoms with Crippen LogP contribution in [0.5, 0.6) is 0 Å². The molecule has 0 bridgehead atoms. The second-order valence-corrected chi connectivity index (χ2v) is 6.30. The average molecular weight is 273 g/mol. The van der Waals surface area contributed by atoms with Crippen LogP contribution in [-0.4, -0.2) is 11.0 Å². The molecule has 0 spiro atoms. The molecule has 1 heterocycles. The zero-order valence-electron chi connectivity index (χ0n) is 10.8. The Morgan fingerprint density at radius 3 is 2.53 bits per heavy atom. The van der Waals surface area contributed by atoms with E-state index in [0.717, 1.165) is 22.4 Å². The van der Waals surface area contributed by atoms with Crippen molar-refractivity contribution < 1.29 is 0 Å². The van der Waals surface area contributed by atoms with Crippen LogP contribution in [-0.2, 0) is 0 Å². The van der Waals surface area contributed by atoms with Gasteiger partial charge in [-0.05, 0) is 61.8 Å². The molecule has 19 heavy (non-hydrogen) atoms. The first-order valence-electron chi connectivity index (χ1n) is 7.12. The molecule has 0 saturated heterocycles. The molecule has 0 radical (unpaired) electrons. The lowest BCUT2D eigenvalue weighted by molar-refractivity contribution is 0.568. The Hall–Kier alpha value is -1.28. The molecule has 0 aliphatic heterocycles. The van der Waals surface area contributed by atoms with E-state index in [1.807, 2.05) is 18.3 Å². The van der Waals surface area contributed by atoms with Crippen molar-refractivity contribution in [2.75, 3.05) is 5.32 Å². The van der Waals surface area contributed by atoms with E-state index in [-0.39, 0.29) is 0 Å². The number of halogens is 1. The van der Waals surface area contributed by atoms with Crippen molar-refractivity contribution in [3.8, 4) is 0 Å². The number of pyridine rings is 1. The van der Waals surface area contributed by atoms with Crippen LogP contribution in [0.3, 0.4) is 0 Å². The number of nitrogens with zero attached hydrogens (tertiary/aromatic N) is 1. The van der Waals surface area contributed by atoms with Crippen molar-refractivity contribution >= 4 is 28.2 Å². The summed E-state index contributed by atoms with van der Waals surface area (Å²) in [6.07, 6.45) is 7.44. The summed E-state index contributed by atoms with van der Waals surface area (Å²) in [6, 6.07) is 8.71. The van der Waals surface area contributed by atoms with Gasteiger partial charge in [0.25, 0.3) is 0 Å². The van der Waals surface area contributed by atoms with Gasteiger partial charge in [-0.3, -0.25) is 4.98 Å². The summed E-state index contributed by atoms with van der Waals surface area (Å²) in [5, 5.41) is 5.71. The fourth-order valence-electron chi connectivity index (χ4n) is 2.96. The maximum absolute atomic E-state index is 6.04. The van der Waals surface area contributed by atoms with Gasteiger partial charge in [-0.1, -0.05) is 11.6 Å². The molecule has 1 aromatic carbocycles. The minimum absolute atomic E-state index is 0.668. The fourth-order valence-corrected chi connectivity index (χ4v) is 3.12. The van der Waals surface area contributed by atoms with Gasteiger partial charge < -0.3 is 5.32 Å². The molecule has 3 heteroatoms. The third-order valence-electron chi connectivity index (χ3n) is 4.29. The second-order valence-electron chi connectivity index (χ2n) is 5.86. The van der Waals surface area contributed by atoms with E-state index in [0.29, 0.717) is 6.04 Å². The van der Waals surface area contributed by atoms with Crippen molar-refractivity contribution in [2.45, 2.75) is 31.7 Å². The number of aromatic nitrogens is 1. The largest absolute Gasteiger partial charge is 0.381 e. The molecule has 98 valence electrons. The van der Waals surface area contributed by atoms with Crippen molar-refractivity contribution in [1.29, 1.82) is 0 Å². The van der Waals surface area contributed by atoms with Gasteiger partial charge in [0.2, 0.25) is 0 Å². The van der Waals surface area contributed by atoms with E-state index in [9.17, 15) is 0 Å². The van der Waals surface area contributed by atoms with Gasteiger partial charge in [-0.2, -0.15) is 0 Å². The molecule has 1 N–H and O–H groups in total. The van der Waals surface area contributed by atoms with Gasteiger partial charge in [0.1, 0.15) is 0 Å². The minimum atomic E-state index is 0.668. The molecule has 0 atom stereocenters. The molecule has 2 fully saturated rings.